The van der Waals surface area contributed by atoms with Gasteiger partial charge in [-0.15, -0.1) is 0 Å². The second kappa shape index (κ2) is 11.1. The van der Waals surface area contributed by atoms with Crippen LogP contribution in [0.3, 0.4) is 0 Å². The number of benzene rings is 1. The van der Waals surface area contributed by atoms with Crippen molar-refractivity contribution < 1.29 is 13.2 Å². The monoisotopic (exact) mass is 506 g/mol. The molecule has 0 unspecified atom stereocenters. The summed E-state index contributed by atoms with van der Waals surface area (Å²) in [4.78, 5) is 17.0. The van der Waals surface area contributed by atoms with Crippen LogP contribution in [-0.2, 0) is 35.9 Å². The van der Waals surface area contributed by atoms with Crippen LogP contribution in [0.1, 0.15) is 47.9 Å². The molecule has 1 aromatic carbocycles. The molecule has 1 aromatic rings. The van der Waals surface area contributed by atoms with Crippen molar-refractivity contribution in [2.45, 2.75) is 63.5 Å². The summed E-state index contributed by atoms with van der Waals surface area (Å²) >= 11 is 0. The SMILES string of the molecule is CN1CC[C@@H](N(C)S(=O)(=O)NC(=O)Nc2c3c(cc4c2CCC4)CCC3)C1.CN[C@@H]1CCN(C)C1. The molecule has 0 saturated carbocycles. The minimum Gasteiger partial charge on any atom is -0.316 e. The first kappa shape index (κ1) is 26.3. The Bertz CT molecular complexity index is 998. The zero-order chi connectivity index (χ0) is 25.2. The van der Waals surface area contributed by atoms with Crippen LogP contribution in [-0.4, -0.2) is 95.0 Å². The van der Waals surface area contributed by atoms with E-state index in [1.165, 1.54) is 53.1 Å². The highest BCUT2D eigenvalue weighted by Crippen LogP contribution is 2.38. The maximum atomic E-state index is 12.6. The van der Waals surface area contributed by atoms with Gasteiger partial charge >= 0.3 is 16.2 Å². The van der Waals surface area contributed by atoms with Gasteiger partial charge in [0.2, 0.25) is 0 Å². The van der Waals surface area contributed by atoms with Gasteiger partial charge in [-0.1, -0.05) is 6.07 Å². The largest absolute Gasteiger partial charge is 0.333 e. The summed E-state index contributed by atoms with van der Waals surface area (Å²) in [6.45, 7) is 4.01. The molecular formula is C25H42N6O3S. The van der Waals surface area contributed by atoms with Gasteiger partial charge in [0.1, 0.15) is 0 Å². The third kappa shape index (κ3) is 6.17. The molecule has 35 heavy (non-hydrogen) atoms. The van der Waals surface area contributed by atoms with E-state index in [1.54, 1.807) is 0 Å². The van der Waals surface area contributed by atoms with E-state index < -0.39 is 16.2 Å². The van der Waals surface area contributed by atoms with Crippen LogP contribution >= 0.6 is 0 Å². The molecule has 2 saturated heterocycles. The van der Waals surface area contributed by atoms with Gasteiger partial charge < -0.3 is 20.4 Å². The second-order valence-electron chi connectivity index (χ2n) is 10.6. The van der Waals surface area contributed by atoms with E-state index in [0.717, 1.165) is 63.2 Å². The number of likely N-dealkylation sites (N-methyl/N-ethyl adjacent to an activating group) is 4. The Labute approximate surface area is 210 Å². The summed E-state index contributed by atoms with van der Waals surface area (Å²) in [5.74, 6) is 0. The lowest BCUT2D eigenvalue weighted by Crippen LogP contribution is -2.48. The maximum Gasteiger partial charge on any atom is 0.333 e. The Morgan fingerprint density at radius 3 is 2.06 bits per heavy atom. The molecule has 2 heterocycles. The van der Waals surface area contributed by atoms with E-state index in [4.69, 9.17) is 0 Å². The minimum absolute atomic E-state index is 0.106. The van der Waals surface area contributed by atoms with Crippen molar-refractivity contribution in [3.05, 3.63) is 28.3 Å². The van der Waals surface area contributed by atoms with Crippen LogP contribution in [0.4, 0.5) is 10.5 Å². The lowest BCUT2D eigenvalue weighted by molar-refractivity contribution is 0.255. The van der Waals surface area contributed by atoms with Gasteiger partial charge in [0.05, 0.1) is 0 Å². The van der Waals surface area contributed by atoms with Crippen molar-refractivity contribution in [1.29, 1.82) is 0 Å². The van der Waals surface area contributed by atoms with Gasteiger partial charge in [-0.25, -0.2) is 9.52 Å². The Balaban J connectivity index is 0.000000308. The first-order valence-corrected chi connectivity index (χ1v) is 14.4. The Kier molecular flexibility index (Phi) is 8.38. The molecule has 2 fully saturated rings. The van der Waals surface area contributed by atoms with Gasteiger partial charge in [-0.2, -0.15) is 12.7 Å². The number of carbonyl (C=O) groups excluding carboxylic acids is 1. The number of urea groups is 1. The molecule has 9 nitrogen and oxygen atoms in total. The fourth-order valence-corrected chi connectivity index (χ4v) is 6.86. The topological polar surface area (TPSA) is 97.0 Å². The van der Waals surface area contributed by atoms with E-state index in [2.05, 4.69) is 38.3 Å². The molecule has 0 aromatic heterocycles. The van der Waals surface area contributed by atoms with Gasteiger partial charge in [-0.3, -0.25) is 0 Å². The average Bonchev–Trinajstić information content (AvgIpc) is 3.60. The number of carbonyl (C=O) groups is 1. The molecule has 2 atom stereocenters. The highest BCUT2D eigenvalue weighted by Gasteiger charge is 2.32. The first-order valence-electron chi connectivity index (χ1n) is 13.0. The summed E-state index contributed by atoms with van der Waals surface area (Å²) in [6, 6.07) is 2.27. The van der Waals surface area contributed by atoms with Crippen LogP contribution < -0.4 is 15.4 Å². The third-order valence-corrected chi connectivity index (χ3v) is 9.49. The first-order chi connectivity index (χ1) is 16.7. The average molecular weight is 507 g/mol. The van der Waals surface area contributed by atoms with Gasteiger partial charge in [0.15, 0.2) is 0 Å². The molecular weight excluding hydrogens is 464 g/mol. The zero-order valence-corrected chi connectivity index (χ0v) is 22.5. The predicted molar refractivity (Wildman–Crippen MR) is 140 cm³/mol. The molecule has 10 heteroatoms. The molecule has 2 aliphatic heterocycles. The molecule has 2 amide bonds. The molecule has 4 aliphatic rings. The molecule has 0 radical (unpaired) electrons. The predicted octanol–water partition coefficient (Wildman–Crippen LogP) is 1.58. The molecule has 0 spiro atoms. The molecule has 2 aliphatic carbocycles. The highest BCUT2D eigenvalue weighted by atomic mass is 32.2. The number of hydrogen-bond acceptors (Lipinski definition) is 6. The number of nitrogens with one attached hydrogen (secondary N) is 3. The number of nitrogens with zero attached hydrogens (tertiary/aromatic N) is 3. The van der Waals surface area contributed by atoms with E-state index in [1.807, 2.05) is 14.1 Å². The summed E-state index contributed by atoms with van der Waals surface area (Å²) in [6.07, 6.45) is 8.22. The second-order valence-corrected chi connectivity index (χ2v) is 12.3. The minimum atomic E-state index is -3.87. The van der Waals surface area contributed by atoms with E-state index in [-0.39, 0.29) is 6.04 Å². The van der Waals surface area contributed by atoms with Crippen molar-refractivity contribution in [2.24, 2.45) is 0 Å². The summed E-state index contributed by atoms with van der Waals surface area (Å²) in [5, 5.41) is 6.14. The summed E-state index contributed by atoms with van der Waals surface area (Å²) in [5.41, 5.74) is 5.84. The number of likely N-dealkylation sites (tertiary alicyclic amines) is 2. The number of aryl methyl sites for hydroxylation is 2. The van der Waals surface area contributed by atoms with Crippen molar-refractivity contribution >= 4 is 21.9 Å². The fourth-order valence-electron chi connectivity index (χ4n) is 5.87. The smallest absolute Gasteiger partial charge is 0.316 e. The third-order valence-electron chi connectivity index (χ3n) is 7.99. The van der Waals surface area contributed by atoms with E-state index in [0.29, 0.717) is 6.54 Å². The normalized spacial score (nSPS) is 24.3. The van der Waals surface area contributed by atoms with Crippen LogP contribution in [0, 0.1) is 0 Å². The van der Waals surface area contributed by atoms with Crippen LogP contribution in [0.15, 0.2) is 6.07 Å². The van der Waals surface area contributed by atoms with Crippen molar-refractivity contribution in [3.8, 4) is 0 Å². The molecule has 0 bridgehead atoms. The van der Waals surface area contributed by atoms with Crippen LogP contribution in [0.2, 0.25) is 0 Å². The maximum absolute atomic E-state index is 12.6. The van der Waals surface area contributed by atoms with Crippen molar-refractivity contribution in [3.63, 3.8) is 0 Å². The Morgan fingerprint density at radius 2 is 1.57 bits per heavy atom. The molecule has 196 valence electrons. The molecule has 5 rings (SSSR count). The summed E-state index contributed by atoms with van der Waals surface area (Å²) < 4.78 is 28.8. The van der Waals surface area contributed by atoms with Crippen LogP contribution in [0.5, 0.6) is 0 Å². The summed E-state index contributed by atoms with van der Waals surface area (Å²) in [7, 11) is 3.83. The number of fused-ring (bicyclic) bond motifs is 2. The number of anilines is 1. The van der Waals surface area contributed by atoms with E-state index in [9.17, 15) is 13.2 Å². The standard InChI is InChI=1S/C19H28N4O3S.C6H14N2/c1-22-10-9-15(12-22)23(2)27(25,26)21-19(24)20-18-16-7-3-5-13(16)11-14-6-4-8-17(14)18;1-7-6-3-4-8(2)5-6/h11,15H,3-10,12H2,1-2H3,(H2,20,21,24);6-7H,3-5H2,1-2H3/t15-;6-/m11/s1. The van der Waals surface area contributed by atoms with Crippen molar-refractivity contribution in [1.82, 2.24) is 24.1 Å². The van der Waals surface area contributed by atoms with E-state index >= 15 is 0 Å². The van der Waals surface area contributed by atoms with Crippen LogP contribution in [0.25, 0.3) is 0 Å². The van der Waals surface area contributed by atoms with Gasteiger partial charge in [0, 0.05) is 37.9 Å². The number of rotatable bonds is 5. The Morgan fingerprint density at radius 1 is 0.971 bits per heavy atom. The Hall–Kier alpha value is -1.72. The number of amides is 2. The highest BCUT2D eigenvalue weighted by molar-refractivity contribution is 7.87. The fraction of sp³-hybridized carbons (Fsp3) is 0.720. The lowest BCUT2D eigenvalue weighted by Gasteiger charge is -2.24. The quantitative estimate of drug-likeness (QED) is 0.561. The van der Waals surface area contributed by atoms with Crippen molar-refractivity contribution in [2.75, 3.05) is 59.7 Å². The van der Waals surface area contributed by atoms with Gasteiger partial charge in [0.25, 0.3) is 0 Å². The zero-order valence-electron chi connectivity index (χ0n) is 21.7. The lowest BCUT2D eigenvalue weighted by atomic mass is 9.99. The number of hydrogen-bond donors (Lipinski definition) is 3. The molecule has 3 N–H and O–H groups in total. The van der Waals surface area contributed by atoms with Gasteiger partial charge in [-0.05, 0) is 108 Å².